The molecule has 2 N–H and O–H groups in total. The third kappa shape index (κ3) is 10.9. The highest BCUT2D eigenvalue weighted by molar-refractivity contribution is 5.92. The zero-order valence-corrected chi connectivity index (χ0v) is 19.2. The van der Waals surface area contributed by atoms with Crippen molar-refractivity contribution >= 4 is 12.3 Å². The van der Waals surface area contributed by atoms with Crippen LogP contribution in [-0.2, 0) is 9.57 Å². The quantitative estimate of drug-likeness (QED) is 0.220. The minimum atomic E-state index is -3.67. The predicted molar refractivity (Wildman–Crippen MR) is 116 cm³/mol. The number of aromatic nitrogens is 2. The Kier molecular flexibility index (Phi) is 14.4. The minimum Gasteiger partial charge on any atom is -0.395 e. The van der Waals surface area contributed by atoms with Gasteiger partial charge in [-0.15, -0.1) is 5.10 Å². The van der Waals surface area contributed by atoms with Crippen LogP contribution < -0.4 is 10.8 Å². The summed E-state index contributed by atoms with van der Waals surface area (Å²) in [5, 5.41) is 7.00. The molecule has 1 saturated heterocycles. The molecule has 0 saturated carbocycles. The van der Waals surface area contributed by atoms with E-state index in [1.165, 1.54) is 32.1 Å². The third-order valence-corrected chi connectivity index (χ3v) is 5.02. The SMILES string of the molecule is CCCCCCC(C)NO/C=N/n1c(C(=O)NC)cnc1C1CCCOCC1.FC(F)F. The number of amides is 1. The monoisotopic (exact) mass is 463 g/mol. The number of nitrogens with zero attached hydrogens (tertiary/aromatic N) is 3. The molecule has 184 valence electrons. The number of unbranched alkanes of at least 4 members (excludes halogenated alkanes) is 3. The summed E-state index contributed by atoms with van der Waals surface area (Å²) in [6.07, 6.45) is 11.7. The molecule has 0 aromatic carbocycles. The van der Waals surface area contributed by atoms with Crippen LogP contribution in [0.25, 0.3) is 0 Å². The Bertz CT molecular complexity index is 662. The molecule has 0 aliphatic carbocycles. The number of imidazole rings is 1. The highest BCUT2D eigenvalue weighted by atomic mass is 19.4. The molecule has 0 spiro atoms. The zero-order valence-electron chi connectivity index (χ0n) is 19.2. The normalized spacial score (nSPS) is 17.5. The van der Waals surface area contributed by atoms with Crippen molar-refractivity contribution in [3.63, 3.8) is 0 Å². The number of carbonyl (C=O) groups is 1. The second-order valence-electron chi connectivity index (χ2n) is 7.59. The summed E-state index contributed by atoms with van der Waals surface area (Å²) in [7, 11) is 1.60. The summed E-state index contributed by atoms with van der Waals surface area (Å²) in [6, 6.07) is 0.239. The lowest BCUT2D eigenvalue weighted by molar-refractivity contribution is 0.00818. The van der Waals surface area contributed by atoms with Gasteiger partial charge in [0.1, 0.15) is 11.5 Å². The fourth-order valence-corrected chi connectivity index (χ4v) is 3.36. The van der Waals surface area contributed by atoms with Gasteiger partial charge in [-0.1, -0.05) is 32.6 Å². The lowest BCUT2D eigenvalue weighted by Crippen LogP contribution is -2.26. The Hall–Kier alpha value is -2.14. The minimum absolute atomic E-state index is 0.212. The Morgan fingerprint density at radius 1 is 1.34 bits per heavy atom. The Balaban J connectivity index is 0.00000118. The second kappa shape index (κ2) is 16.5. The van der Waals surface area contributed by atoms with Crippen LogP contribution in [0.4, 0.5) is 13.2 Å². The largest absolute Gasteiger partial charge is 0.395 e. The van der Waals surface area contributed by atoms with Gasteiger partial charge in [-0.3, -0.25) is 4.79 Å². The van der Waals surface area contributed by atoms with E-state index in [1.807, 2.05) is 0 Å². The van der Waals surface area contributed by atoms with E-state index in [0.717, 1.165) is 38.1 Å². The Morgan fingerprint density at radius 2 is 2.09 bits per heavy atom. The summed E-state index contributed by atoms with van der Waals surface area (Å²) in [5.74, 6) is 0.762. The topological polar surface area (TPSA) is 89.8 Å². The van der Waals surface area contributed by atoms with Crippen LogP contribution in [0.1, 0.15) is 87.4 Å². The van der Waals surface area contributed by atoms with Crippen LogP contribution in [-0.4, -0.2) is 55.0 Å². The standard InChI is InChI=1S/C20H35N5O3.CHF3/c1-4-5-6-7-9-16(2)24-28-15-23-25-18(20(26)21-3)14-22-19(25)17-10-8-12-27-13-11-17;2-1(3)4/h14-17,24H,4-13H2,1-3H3,(H,21,26);1H/b23-15+;. The summed E-state index contributed by atoms with van der Waals surface area (Å²) < 4.78 is 36.1. The molecule has 2 unspecified atom stereocenters. The number of carbonyl (C=O) groups excluding carboxylic acids is 1. The van der Waals surface area contributed by atoms with E-state index < -0.39 is 6.68 Å². The van der Waals surface area contributed by atoms with Crippen molar-refractivity contribution in [1.29, 1.82) is 0 Å². The molecule has 1 aromatic rings. The van der Waals surface area contributed by atoms with E-state index in [0.29, 0.717) is 12.3 Å². The highest BCUT2D eigenvalue weighted by Crippen LogP contribution is 2.27. The average Bonchev–Trinajstić information content (AvgIpc) is 2.98. The molecule has 1 aliphatic heterocycles. The van der Waals surface area contributed by atoms with Gasteiger partial charge in [0.15, 0.2) is 0 Å². The van der Waals surface area contributed by atoms with Gasteiger partial charge in [0.25, 0.3) is 5.91 Å². The van der Waals surface area contributed by atoms with Crippen molar-refractivity contribution in [1.82, 2.24) is 20.5 Å². The van der Waals surface area contributed by atoms with E-state index in [2.05, 4.69) is 34.7 Å². The molecule has 1 amide bonds. The molecule has 32 heavy (non-hydrogen) atoms. The van der Waals surface area contributed by atoms with Crippen LogP contribution >= 0.6 is 0 Å². The van der Waals surface area contributed by atoms with E-state index >= 15 is 0 Å². The molecule has 2 atom stereocenters. The molecule has 0 bridgehead atoms. The van der Waals surface area contributed by atoms with E-state index in [-0.39, 0.29) is 17.9 Å². The molecule has 11 heteroatoms. The number of hydrogen-bond acceptors (Lipinski definition) is 6. The fraction of sp³-hybridized carbons (Fsp3) is 0.762. The van der Waals surface area contributed by atoms with E-state index in [1.54, 1.807) is 17.9 Å². The first kappa shape index (κ1) is 27.9. The van der Waals surface area contributed by atoms with Crippen LogP contribution in [0.15, 0.2) is 11.3 Å². The maximum absolute atomic E-state index is 12.2. The summed E-state index contributed by atoms with van der Waals surface area (Å²) in [4.78, 5) is 22.1. The molecule has 0 radical (unpaired) electrons. The van der Waals surface area contributed by atoms with Crippen molar-refractivity contribution in [3.05, 3.63) is 17.7 Å². The predicted octanol–water partition coefficient (Wildman–Crippen LogP) is 4.38. The first-order valence-electron chi connectivity index (χ1n) is 11.1. The molecular formula is C21H36F3N5O3. The number of hydroxylamine groups is 1. The van der Waals surface area contributed by atoms with Gasteiger partial charge in [-0.05, 0) is 32.6 Å². The summed E-state index contributed by atoms with van der Waals surface area (Å²) in [5.41, 5.74) is 3.39. The van der Waals surface area contributed by atoms with Gasteiger partial charge in [-0.25, -0.2) is 9.66 Å². The molecule has 1 fully saturated rings. The van der Waals surface area contributed by atoms with Crippen LogP contribution in [0, 0.1) is 0 Å². The average molecular weight is 464 g/mol. The van der Waals surface area contributed by atoms with E-state index in [4.69, 9.17) is 9.57 Å². The van der Waals surface area contributed by atoms with Crippen LogP contribution in [0.5, 0.6) is 0 Å². The molecule has 1 aromatic heterocycles. The first-order chi connectivity index (χ1) is 15.4. The first-order valence-corrected chi connectivity index (χ1v) is 11.1. The third-order valence-electron chi connectivity index (χ3n) is 5.02. The van der Waals surface area contributed by atoms with Crippen LogP contribution in [0.3, 0.4) is 0 Å². The van der Waals surface area contributed by atoms with Gasteiger partial charge < -0.3 is 14.9 Å². The van der Waals surface area contributed by atoms with Gasteiger partial charge >= 0.3 is 6.68 Å². The van der Waals surface area contributed by atoms with E-state index in [9.17, 15) is 18.0 Å². The number of rotatable bonds is 11. The van der Waals surface area contributed by atoms with Gasteiger partial charge in [0, 0.05) is 32.2 Å². The molecular weight excluding hydrogens is 427 g/mol. The number of ether oxygens (including phenoxy) is 1. The zero-order chi connectivity index (χ0) is 23.8. The fourth-order valence-electron chi connectivity index (χ4n) is 3.36. The van der Waals surface area contributed by atoms with Crippen molar-refractivity contribution in [3.8, 4) is 0 Å². The molecule has 1 aliphatic rings. The lowest BCUT2D eigenvalue weighted by atomic mass is 10.0. The van der Waals surface area contributed by atoms with Gasteiger partial charge in [0.2, 0.25) is 6.40 Å². The number of hydrogen-bond donors (Lipinski definition) is 2. The molecule has 8 nitrogen and oxygen atoms in total. The smallest absolute Gasteiger partial charge is 0.379 e. The van der Waals surface area contributed by atoms with Gasteiger partial charge in [0.05, 0.1) is 6.20 Å². The molecule has 2 rings (SSSR count). The van der Waals surface area contributed by atoms with Crippen molar-refractivity contribution < 1.29 is 27.5 Å². The van der Waals surface area contributed by atoms with Crippen molar-refractivity contribution in [2.75, 3.05) is 20.3 Å². The Labute approximate surface area is 187 Å². The summed E-state index contributed by atoms with van der Waals surface area (Å²) in [6.45, 7) is 2.10. The van der Waals surface area contributed by atoms with Crippen molar-refractivity contribution in [2.24, 2.45) is 5.10 Å². The maximum Gasteiger partial charge on any atom is 0.379 e. The van der Waals surface area contributed by atoms with Crippen LogP contribution in [0.2, 0.25) is 0 Å². The summed E-state index contributed by atoms with van der Waals surface area (Å²) >= 11 is 0. The Morgan fingerprint density at radius 3 is 2.78 bits per heavy atom. The number of halogens is 3. The number of alkyl halides is 3. The highest BCUT2D eigenvalue weighted by Gasteiger charge is 2.23. The molecule has 2 heterocycles. The number of nitrogens with one attached hydrogen (secondary N) is 2. The van der Waals surface area contributed by atoms with Crippen molar-refractivity contribution in [2.45, 2.75) is 83.9 Å². The van der Waals surface area contributed by atoms with Gasteiger partial charge in [-0.2, -0.15) is 18.7 Å². The second-order valence-corrected chi connectivity index (χ2v) is 7.59. The lowest BCUT2D eigenvalue weighted by Gasteiger charge is -2.14. The maximum atomic E-state index is 12.2.